The fourth-order valence-electron chi connectivity index (χ4n) is 4.23. The van der Waals surface area contributed by atoms with Crippen LogP contribution in [0.1, 0.15) is 36.3 Å². The van der Waals surface area contributed by atoms with Crippen molar-refractivity contribution in [3.63, 3.8) is 0 Å². The number of imidazole rings is 1. The van der Waals surface area contributed by atoms with E-state index in [0.717, 1.165) is 24.8 Å². The minimum atomic E-state index is -1.26. The summed E-state index contributed by atoms with van der Waals surface area (Å²) in [5.74, 6) is 0.143. The highest BCUT2D eigenvalue weighted by molar-refractivity contribution is 5.82. The average molecular weight is 413 g/mol. The highest BCUT2D eigenvalue weighted by atomic mass is 16.6. The Morgan fingerprint density at radius 3 is 2.83 bits per heavy atom. The summed E-state index contributed by atoms with van der Waals surface area (Å²) in [6.07, 6.45) is -0.290. The van der Waals surface area contributed by atoms with Gasteiger partial charge >= 0.3 is 6.01 Å². The molecule has 2 aliphatic rings. The Morgan fingerprint density at radius 2 is 2.03 bits per heavy atom. The maximum atomic E-state index is 10.4. The SMILES string of the molecule is Nc1nc(OC2CCCc3ccccc32)nc2c1ncn2[C@@H]1O[C@H](CO)[C@@H](O)[C@H]1O. The third-order valence-electron chi connectivity index (χ3n) is 5.78. The van der Waals surface area contributed by atoms with Crippen molar-refractivity contribution in [2.75, 3.05) is 12.3 Å². The van der Waals surface area contributed by atoms with Crippen molar-refractivity contribution < 1.29 is 24.8 Å². The highest BCUT2D eigenvalue weighted by Crippen LogP contribution is 2.35. The molecule has 10 heteroatoms. The lowest BCUT2D eigenvalue weighted by Gasteiger charge is -2.25. The van der Waals surface area contributed by atoms with Gasteiger partial charge in [0.2, 0.25) is 0 Å². The smallest absolute Gasteiger partial charge is 0.321 e. The summed E-state index contributed by atoms with van der Waals surface area (Å²) in [5, 5.41) is 29.8. The van der Waals surface area contributed by atoms with E-state index >= 15 is 0 Å². The van der Waals surface area contributed by atoms with Crippen molar-refractivity contribution in [3.8, 4) is 6.01 Å². The predicted octanol–water partition coefficient (Wildman–Crippen LogP) is 0.476. The molecule has 3 aromatic rings. The number of hydrogen-bond donors (Lipinski definition) is 4. The Balaban J connectivity index is 1.49. The van der Waals surface area contributed by atoms with E-state index in [1.165, 1.54) is 16.5 Å². The van der Waals surface area contributed by atoms with Gasteiger partial charge in [0.05, 0.1) is 12.9 Å². The van der Waals surface area contributed by atoms with Gasteiger partial charge in [-0.15, -0.1) is 0 Å². The lowest BCUT2D eigenvalue weighted by atomic mass is 9.89. The van der Waals surface area contributed by atoms with Crippen LogP contribution < -0.4 is 10.5 Å². The monoisotopic (exact) mass is 413 g/mol. The van der Waals surface area contributed by atoms with Gasteiger partial charge in [0, 0.05) is 0 Å². The van der Waals surface area contributed by atoms with Gasteiger partial charge in [-0.05, 0) is 30.4 Å². The number of anilines is 1. The lowest BCUT2D eigenvalue weighted by molar-refractivity contribution is -0.0511. The van der Waals surface area contributed by atoms with E-state index in [2.05, 4.69) is 21.0 Å². The maximum absolute atomic E-state index is 10.4. The van der Waals surface area contributed by atoms with Gasteiger partial charge in [0.1, 0.15) is 24.4 Å². The molecule has 1 aliphatic heterocycles. The van der Waals surface area contributed by atoms with E-state index in [9.17, 15) is 15.3 Å². The number of benzene rings is 1. The van der Waals surface area contributed by atoms with Gasteiger partial charge in [-0.25, -0.2) is 4.98 Å². The van der Waals surface area contributed by atoms with E-state index in [1.54, 1.807) is 0 Å². The molecule has 5 N–H and O–H groups in total. The molecule has 1 aromatic carbocycles. The van der Waals surface area contributed by atoms with E-state index < -0.39 is 31.1 Å². The Labute approximate surface area is 171 Å². The number of hydrogen-bond acceptors (Lipinski definition) is 9. The van der Waals surface area contributed by atoms with Crippen LogP contribution in [0.4, 0.5) is 5.82 Å². The van der Waals surface area contributed by atoms with E-state index in [1.807, 2.05) is 18.2 Å². The molecule has 10 nitrogen and oxygen atoms in total. The number of ether oxygens (including phenoxy) is 2. The summed E-state index contributed by atoms with van der Waals surface area (Å²) in [7, 11) is 0. The minimum absolute atomic E-state index is 0.107. The summed E-state index contributed by atoms with van der Waals surface area (Å²) in [5.41, 5.74) is 9.10. The van der Waals surface area contributed by atoms with Gasteiger partial charge in [0.25, 0.3) is 0 Å². The van der Waals surface area contributed by atoms with Crippen LogP contribution in [0.15, 0.2) is 30.6 Å². The fourth-order valence-corrected chi connectivity index (χ4v) is 4.23. The van der Waals surface area contributed by atoms with E-state index in [-0.39, 0.29) is 17.9 Å². The van der Waals surface area contributed by atoms with Gasteiger partial charge in [0.15, 0.2) is 23.2 Å². The number of aromatic nitrogens is 4. The summed E-state index contributed by atoms with van der Waals surface area (Å²) >= 11 is 0. The minimum Gasteiger partial charge on any atom is -0.455 e. The number of nitrogens with zero attached hydrogens (tertiary/aromatic N) is 4. The predicted molar refractivity (Wildman–Crippen MR) is 105 cm³/mol. The van der Waals surface area contributed by atoms with Crippen LogP contribution in [0.25, 0.3) is 11.2 Å². The lowest BCUT2D eigenvalue weighted by Crippen LogP contribution is -2.33. The van der Waals surface area contributed by atoms with Crippen molar-refractivity contribution in [2.45, 2.75) is 49.9 Å². The summed E-state index contributed by atoms with van der Waals surface area (Å²) in [6.45, 7) is -0.423. The topological polar surface area (TPSA) is 149 Å². The fraction of sp³-hybridized carbons (Fsp3) is 0.450. The summed E-state index contributed by atoms with van der Waals surface area (Å²) in [6, 6.07) is 8.25. The molecule has 0 saturated carbocycles. The molecule has 30 heavy (non-hydrogen) atoms. The molecule has 0 radical (unpaired) electrons. The van der Waals surface area contributed by atoms with Gasteiger partial charge < -0.3 is 30.5 Å². The first-order chi connectivity index (χ1) is 14.6. The van der Waals surface area contributed by atoms with Crippen LogP contribution in [0.3, 0.4) is 0 Å². The van der Waals surface area contributed by atoms with Crippen LogP contribution in [-0.2, 0) is 11.2 Å². The summed E-state index contributed by atoms with van der Waals surface area (Å²) in [4.78, 5) is 12.9. The number of aliphatic hydroxyl groups is 3. The van der Waals surface area contributed by atoms with Crippen molar-refractivity contribution in [3.05, 3.63) is 41.7 Å². The zero-order valence-corrected chi connectivity index (χ0v) is 16.1. The third kappa shape index (κ3) is 3.08. The number of rotatable bonds is 4. The second-order valence-corrected chi connectivity index (χ2v) is 7.64. The van der Waals surface area contributed by atoms with E-state index in [0.29, 0.717) is 11.2 Å². The molecule has 3 heterocycles. The van der Waals surface area contributed by atoms with E-state index in [4.69, 9.17) is 15.2 Å². The molecule has 0 amide bonds. The average Bonchev–Trinajstić information content (AvgIpc) is 3.30. The molecule has 5 rings (SSSR count). The molecule has 1 aliphatic carbocycles. The number of aryl methyl sites for hydroxylation is 1. The van der Waals surface area contributed by atoms with Crippen molar-refractivity contribution >= 4 is 17.0 Å². The van der Waals surface area contributed by atoms with Gasteiger partial charge in [-0.1, -0.05) is 24.3 Å². The molecule has 1 fully saturated rings. The Kier molecular flexibility index (Phi) is 4.78. The van der Waals surface area contributed by atoms with Crippen molar-refractivity contribution in [1.29, 1.82) is 0 Å². The van der Waals surface area contributed by atoms with Crippen molar-refractivity contribution in [2.24, 2.45) is 0 Å². The van der Waals surface area contributed by atoms with Crippen LogP contribution in [-0.4, -0.2) is 59.8 Å². The van der Waals surface area contributed by atoms with Crippen molar-refractivity contribution in [1.82, 2.24) is 19.5 Å². The van der Waals surface area contributed by atoms with Gasteiger partial charge in [-0.2, -0.15) is 9.97 Å². The Hall–Kier alpha value is -2.79. The number of fused-ring (bicyclic) bond motifs is 2. The molecule has 158 valence electrons. The third-order valence-corrected chi connectivity index (χ3v) is 5.78. The molecule has 1 unspecified atom stereocenters. The standard InChI is InChI=1S/C20H23N5O5/c21-17-14-18(25(9-22-14)19-16(28)15(27)13(8-26)29-19)24-20(23-17)30-12-7-3-5-10-4-1-2-6-11(10)12/h1-2,4,6,9,12-13,15-16,19,26-28H,3,5,7-8H2,(H2,21,23,24)/t12?,13-,15-,16-,19-/m1/s1. The zero-order valence-electron chi connectivity index (χ0n) is 16.1. The highest BCUT2D eigenvalue weighted by Gasteiger charge is 2.44. The molecular formula is C20H23N5O5. The number of nitrogens with two attached hydrogens (primary N) is 1. The normalized spacial score (nSPS) is 28.6. The van der Waals surface area contributed by atoms with Crippen LogP contribution >= 0.6 is 0 Å². The maximum Gasteiger partial charge on any atom is 0.321 e. The van der Waals surface area contributed by atoms with Crippen LogP contribution in [0, 0.1) is 0 Å². The summed E-state index contributed by atoms with van der Waals surface area (Å²) < 4.78 is 13.2. The second kappa shape index (κ2) is 7.47. The first kappa shape index (κ1) is 19.2. The molecular weight excluding hydrogens is 390 g/mol. The van der Waals surface area contributed by atoms with Crippen LogP contribution in [0.5, 0.6) is 6.01 Å². The quantitative estimate of drug-likeness (QED) is 0.479. The number of aliphatic hydroxyl groups excluding tert-OH is 3. The van der Waals surface area contributed by atoms with Crippen LogP contribution in [0.2, 0.25) is 0 Å². The zero-order chi connectivity index (χ0) is 20.8. The molecule has 0 bridgehead atoms. The first-order valence-corrected chi connectivity index (χ1v) is 9.93. The first-order valence-electron chi connectivity index (χ1n) is 9.93. The Morgan fingerprint density at radius 1 is 1.20 bits per heavy atom. The molecule has 1 saturated heterocycles. The molecule has 5 atom stereocenters. The largest absolute Gasteiger partial charge is 0.455 e. The molecule has 2 aromatic heterocycles. The van der Waals surface area contributed by atoms with Gasteiger partial charge in [-0.3, -0.25) is 4.57 Å². The number of nitrogen functional groups attached to an aromatic ring is 1. The molecule has 0 spiro atoms. The second-order valence-electron chi connectivity index (χ2n) is 7.64. The Bertz CT molecular complexity index is 1070.